The van der Waals surface area contributed by atoms with Gasteiger partial charge in [0.05, 0.1) is 6.61 Å². The van der Waals surface area contributed by atoms with Crippen LogP contribution in [-0.2, 0) is 9.53 Å². The van der Waals surface area contributed by atoms with Gasteiger partial charge >= 0.3 is 5.97 Å². The summed E-state index contributed by atoms with van der Waals surface area (Å²) in [6.45, 7) is 8.45. The van der Waals surface area contributed by atoms with E-state index in [1.54, 1.807) is 0 Å². The molecule has 4 heteroatoms. The summed E-state index contributed by atoms with van der Waals surface area (Å²) in [6, 6.07) is 0.819. The summed E-state index contributed by atoms with van der Waals surface area (Å²) in [5, 5.41) is 3.37. The van der Waals surface area contributed by atoms with Crippen molar-refractivity contribution in [3.05, 3.63) is 0 Å². The highest BCUT2D eigenvalue weighted by Crippen LogP contribution is 2.36. The summed E-state index contributed by atoms with van der Waals surface area (Å²) >= 11 is 0. The Morgan fingerprint density at radius 2 is 2.05 bits per heavy atom. The largest absolute Gasteiger partial charge is 0.465 e. The summed E-state index contributed by atoms with van der Waals surface area (Å²) in [4.78, 5) is 14.6. The van der Waals surface area contributed by atoms with Crippen LogP contribution in [0.4, 0.5) is 0 Å². The van der Waals surface area contributed by atoms with E-state index >= 15 is 0 Å². The molecule has 1 N–H and O–H groups in total. The van der Waals surface area contributed by atoms with Crippen LogP contribution in [0.2, 0.25) is 0 Å². The Balaban J connectivity index is 1.94. The van der Waals surface area contributed by atoms with E-state index < -0.39 is 0 Å². The first-order chi connectivity index (χ1) is 9.61. The zero-order valence-electron chi connectivity index (χ0n) is 13.2. The first kappa shape index (κ1) is 15.8. The molecule has 0 radical (unpaired) electrons. The molecular weight excluding hydrogens is 252 g/mol. The van der Waals surface area contributed by atoms with Crippen LogP contribution in [0.15, 0.2) is 0 Å². The monoisotopic (exact) mass is 282 g/mol. The number of ether oxygens (including phenoxy) is 1. The van der Waals surface area contributed by atoms with E-state index in [9.17, 15) is 4.79 Å². The number of nitrogens with zero attached hydrogens (tertiary/aromatic N) is 1. The predicted octanol–water partition coefficient (Wildman–Crippen LogP) is 2.18. The van der Waals surface area contributed by atoms with Gasteiger partial charge in [0.1, 0.15) is 6.04 Å². The van der Waals surface area contributed by atoms with Gasteiger partial charge in [-0.05, 0) is 38.6 Å². The fourth-order valence-corrected chi connectivity index (χ4v) is 3.80. The second kappa shape index (κ2) is 7.41. The Morgan fingerprint density at radius 3 is 2.75 bits per heavy atom. The number of rotatable bonds is 6. The fraction of sp³-hybridized carbons (Fsp3) is 0.938. The zero-order valence-corrected chi connectivity index (χ0v) is 13.2. The van der Waals surface area contributed by atoms with Crippen LogP contribution in [-0.4, -0.2) is 48.7 Å². The van der Waals surface area contributed by atoms with E-state index in [-0.39, 0.29) is 12.0 Å². The molecule has 0 aromatic rings. The Bertz CT molecular complexity index is 320. The van der Waals surface area contributed by atoms with Crippen LogP contribution in [0.1, 0.15) is 52.9 Å². The van der Waals surface area contributed by atoms with Crippen molar-refractivity contribution < 1.29 is 9.53 Å². The lowest BCUT2D eigenvalue weighted by atomic mass is 9.85. The molecule has 1 saturated heterocycles. The number of nitrogens with one attached hydrogen (secondary N) is 1. The maximum atomic E-state index is 12.1. The summed E-state index contributed by atoms with van der Waals surface area (Å²) in [6.07, 6.45) is 6.73. The van der Waals surface area contributed by atoms with Crippen molar-refractivity contribution in [3.63, 3.8) is 0 Å². The third kappa shape index (κ3) is 3.95. The van der Waals surface area contributed by atoms with Gasteiger partial charge < -0.3 is 10.1 Å². The normalized spacial score (nSPS) is 28.4. The number of fused-ring (bicyclic) bond motifs is 1. The summed E-state index contributed by atoms with van der Waals surface area (Å²) in [5.41, 5.74) is 0. The molecule has 0 aromatic heterocycles. The minimum Gasteiger partial charge on any atom is -0.465 e. The van der Waals surface area contributed by atoms with E-state index in [0.717, 1.165) is 19.0 Å². The molecule has 0 bridgehead atoms. The number of hydrogen-bond acceptors (Lipinski definition) is 4. The van der Waals surface area contributed by atoms with Gasteiger partial charge in [0, 0.05) is 18.6 Å². The molecule has 20 heavy (non-hydrogen) atoms. The Hall–Kier alpha value is -0.610. The lowest BCUT2D eigenvalue weighted by molar-refractivity contribution is -0.146. The van der Waals surface area contributed by atoms with Crippen LogP contribution >= 0.6 is 0 Å². The highest BCUT2D eigenvalue weighted by molar-refractivity contribution is 5.76. The topological polar surface area (TPSA) is 41.6 Å². The minimum absolute atomic E-state index is 0.0968. The lowest BCUT2D eigenvalue weighted by Crippen LogP contribution is -2.51. The van der Waals surface area contributed by atoms with E-state index in [4.69, 9.17) is 4.74 Å². The van der Waals surface area contributed by atoms with Gasteiger partial charge in [-0.15, -0.1) is 0 Å². The first-order valence-electron chi connectivity index (χ1n) is 8.28. The molecule has 0 aromatic carbocycles. The van der Waals surface area contributed by atoms with E-state index in [1.165, 1.54) is 32.1 Å². The van der Waals surface area contributed by atoms with Crippen LogP contribution in [0.25, 0.3) is 0 Å². The SMILES string of the molecule is CCOC(=O)C(CN1CCC2CCCCC21)NC(C)C. The molecule has 3 atom stereocenters. The van der Waals surface area contributed by atoms with Crippen molar-refractivity contribution >= 4 is 5.97 Å². The maximum Gasteiger partial charge on any atom is 0.324 e. The number of carbonyl (C=O) groups is 1. The maximum absolute atomic E-state index is 12.1. The van der Waals surface area contributed by atoms with E-state index in [2.05, 4.69) is 24.1 Å². The van der Waals surface area contributed by atoms with Crippen molar-refractivity contribution in [1.82, 2.24) is 10.2 Å². The van der Waals surface area contributed by atoms with Gasteiger partial charge in [-0.25, -0.2) is 0 Å². The molecule has 2 rings (SSSR count). The van der Waals surface area contributed by atoms with Crippen molar-refractivity contribution in [2.75, 3.05) is 19.7 Å². The second-order valence-corrected chi connectivity index (χ2v) is 6.52. The Kier molecular flexibility index (Phi) is 5.85. The molecule has 1 saturated carbocycles. The van der Waals surface area contributed by atoms with Gasteiger partial charge in [0.15, 0.2) is 0 Å². The molecular formula is C16H30N2O2. The van der Waals surface area contributed by atoms with Gasteiger partial charge in [-0.2, -0.15) is 0 Å². The van der Waals surface area contributed by atoms with Gasteiger partial charge in [-0.3, -0.25) is 9.69 Å². The Morgan fingerprint density at radius 1 is 1.30 bits per heavy atom. The van der Waals surface area contributed by atoms with Gasteiger partial charge in [0.2, 0.25) is 0 Å². The highest BCUT2D eigenvalue weighted by atomic mass is 16.5. The molecule has 0 amide bonds. The number of carbonyl (C=O) groups excluding carboxylic acids is 1. The lowest BCUT2D eigenvalue weighted by Gasteiger charge is -2.34. The Labute approximate surface area is 123 Å². The van der Waals surface area contributed by atoms with Crippen molar-refractivity contribution in [2.45, 2.75) is 71.0 Å². The molecule has 3 unspecified atom stereocenters. The number of hydrogen-bond donors (Lipinski definition) is 1. The standard InChI is InChI=1S/C16H30N2O2/c1-4-20-16(19)14(17-12(2)3)11-18-10-9-13-7-5-6-8-15(13)18/h12-15,17H,4-11H2,1-3H3. The molecule has 2 fully saturated rings. The third-order valence-corrected chi connectivity index (χ3v) is 4.65. The second-order valence-electron chi connectivity index (χ2n) is 6.52. The highest BCUT2D eigenvalue weighted by Gasteiger charge is 2.37. The molecule has 1 aliphatic heterocycles. The van der Waals surface area contributed by atoms with Crippen molar-refractivity contribution in [2.24, 2.45) is 5.92 Å². The summed E-state index contributed by atoms with van der Waals surface area (Å²) < 4.78 is 5.22. The molecule has 2 aliphatic rings. The number of esters is 1. The third-order valence-electron chi connectivity index (χ3n) is 4.65. The van der Waals surface area contributed by atoms with Crippen LogP contribution in [0, 0.1) is 5.92 Å². The van der Waals surface area contributed by atoms with Gasteiger partial charge in [0.25, 0.3) is 0 Å². The zero-order chi connectivity index (χ0) is 14.5. The molecule has 1 aliphatic carbocycles. The number of likely N-dealkylation sites (tertiary alicyclic amines) is 1. The predicted molar refractivity (Wildman–Crippen MR) is 80.6 cm³/mol. The quantitative estimate of drug-likeness (QED) is 0.758. The van der Waals surface area contributed by atoms with E-state index in [0.29, 0.717) is 18.7 Å². The first-order valence-corrected chi connectivity index (χ1v) is 8.28. The van der Waals surface area contributed by atoms with Crippen LogP contribution in [0.3, 0.4) is 0 Å². The van der Waals surface area contributed by atoms with Crippen LogP contribution < -0.4 is 5.32 Å². The molecule has 1 heterocycles. The van der Waals surface area contributed by atoms with Crippen molar-refractivity contribution in [3.8, 4) is 0 Å². The average molecular weight is 282 g/mol. The smallest absolute Gasteiger partial charge is 0.324 e. The minimum atomic E-state index is -0.185. The average Bonchev–Trinajstić information content (AvgIpc) is 2.81. The summed E-state index contributed by atoms with van der Waals surface area (Å²) in [7, 11) is 0. The van der Waals surface area contributed by atoms with Crippen molar-refractivity contribution in [1.29, 1.82) is 0 Å². The summed E-state index contributed by atoms with van der Waals surface area (Å²) in [5.74, 6) is 0.770. The van der Waals surface area contributed by atoms with Crippen LogP contribution in [0.5, 0.6) is 0 Å². The molecule has 116 valence electrons. The molecule has 4 nitrogen and oxygen atoms in total. The molecule has 0 spiro atoms. The fourth-order valence-electron chi connectivity index (χ4n) is 3.80. The van der Waals surface area contributed by atoms with Gasteiger partial charge in [-0.1, -0.05) is 26.7 Å². The van der Waals surface area contributed by atoms with E-state index in [1.807, 2.05) is 6.92 Å².